The second-order valence-electron chi connectivity index (χ2n) is 6.74. The van der Waals surface area contributed by atoms with Crippen molar-refractivity contribution in [2.75, 3.05) is 31.1 Å². The minimum absolute atomic E-state index is 0.120. The Kier molecular flexibility index (Phi) is 4.76. The molecule has 2 fully saturated rings. The fraction of sp³-hybridized carbons (Fsp3) is 0.556. The Hall–Kier alpha value is -2.08. The molecule has 24 heavy (non-hydrogen) atoms. The molecule has 1 aromatic rings. The van der Waals surface area contributed by atoms with Gasteiger partial charge >= 0.3 is 6.09 Å². The largest absolute Gasteiger partial charge is 0.442 e. The smallest absolute Gasteiger partial charge is 0.414 e. The van der Waals surface area contributed by atoms with Gasteiger partial charge in [-0.2, -0.15) is 0 Å². The number of hydrogen-bond donors (Lipinski definition) is 2. The molecule has 0 aromatic heterocycles. The summed E-state index contributed by atoms with van der Waals surface area (Å²) in [6, 6.07) is 4.14. The number of benzene rings is 1. The predicted octanol–water partition coefficient (Wildman–Crippen LogP) is 1.84. The van der Waals surface area contributed by atoms with Crippen molar-refractivity contribution in [1.82, 2.24) is 10.6 Å². The second kappa shape index (κ2) is 6.81. The van der Waals surface area contributed by atoms with Gasteiger partial charge in [-0.25, -0.2) is 4.79 Å². The van der Waals surface area contributed by atoms with Gasteiger partial charge < -0.3 is 15.4 Å². The van der Waals surface area contributed by atoms with Gasteiger partial charge in [0.1, 0.15) is 6.10 Å². The van der Waals surface area contributed by atoms with Crippen LogP contribution in [-0.4, -0.2) is 44.3 Å². The molecule has 2 atom stereocenters. The zero-order valence-corrected chi connectivity index (χ0v) is 14.5. The summed E-state index contributed by atoms with van der Waals surface area (Å²) in [6.45, 7) is 8.57. The highest BCUT2D eigenvalue weighted by Gasteiger charge is 2.33. The van der Waals surface area contributed by atoms with Gasteiger partial charge in [0.25, 0.3) is 0 Å². The van der Waals surface area contributed by atoms with E-state index in [0.29, 0.717) is 19.0 Å². The molecule has 6 heteroatoms. The molecule has 2 aliphatic heterocycles. The molecule has 2 heterocycles. The van der Waals surface area contributed by atoms with Crippen LogP contribution in [0, 0.1) is 13.8 Å². The van der Waals surface area contributed by atoms with E-state index in [1.165, 1.54) is 23.6 Å². The van der Waals surface area contributed by atoms with Crippen molar-refractivity contribution >= 4 is 17.7 Å². The maximum absolute atomic E-state index is 12.2. The third-order valence-electron chi connectivity index (χ3n) is 4.81. The molecular weight excluding hydrogens is 306 g/mol. The molecule has 0 saturated carbocycles. The Balaban J connectivity index is 1.77. The molecule has 6 nitrogen and oxygen atoms in total. The monoisotopic (exact) mass is 331 g/mol. The average Bonchev–Trinajstić information content (AvgIpc) is 3.14. The third kappa shape index (κ3) is 3.38. The van der Waals surface area contributed by atoms with E-state index in [0.717, 1.165) is 25.2 Å². The maximum Gasteiger partial charge on any atom is 0.414 e. The van der Waals surface area contributed by atoms with Crippen LogP contribution in [0.25, 0.3) is 0 Å². The number of carbonyl (C=O) groups excluding carboxylic acids is 2. The van der Waals surface area contributed by atoms with Crippen LogP contribution in [0.3, 0.4) is 0 Å². The summed E-state index contributed by atoms with van der Waals surface area (Å²) in [6.07, 6.45) is 0.506. The number of carbonyl (C=O) groups is 2. The molecule has 1 aromatic carbocycles. The lowest BCUT2D eigenvalue weighted by atomic mass is 9.89. The Labute approximate surface area is 142 Å². The molecule has 0 spiro atoms. The predicted molar refractivity (Wildman–Crippen MR) is 92.4 cm³/mol. The highest BCUT2D eigenvalue weighted by atomic mass is 16.6. The first kappa shape index (κ1) is 16.8. The molecule has 2 amide bonds. The number of hydrogen-bond acceptors (Lipinski definition) is 4. The van der Waals surface area contributed by atoms with Crippen molar-refractivity contribution in [3.63, 3.8) is 0 Å². The van der Waals surface area contributed by atoms with E-state index in [1.807, 2.05) is 0 Å². The van der Waals surface area contributed by atoms with Crippen LogP contribution in [0.1, 0.15) is 36.0 Å². The molecule has 3 rings (SSSR count). The fourth-order valence-electron chi connectivity index (χ4n) is 3.75. The first-order chi connectivity index (χ1) is 11.5. The molecule has 130 valence electrons. The number of aryl methyl sites for hydroxylation is 2. The quantitative estimate of drug-likeness (QED) is 0.883. The molecule has 2 unspecified atom stereocenters. The van der Waals surface area contributed by atoms with Crippen molar-refractivity contribution in [3.8, 4) is 0 Å². The summed E-state index contributed by atoms with van der Waals surface area (Å²) >= 11 is 0. The standard InChI is InChI=1S/C18H25N3O3/c1-11-6-15(7-12(2)17(11)14-4-5-19-8-14)21-10-16(24-18(21)23)9-20-13(3)22/h6-7,14,16,19H,4-5,8-10H2,1-3H3,(H,20,22). The van der Waals surface area contributed by atoms with Crippen LogP contribution in [0.15, 0.2) is 12.1 Å². The van der Waals surface area contributed by atoms with Crippen molar-refractivity contribution < 1.29 is 14.3 Å². The van der Waals surface area contributed by atoms with Gasteiger partial charge in [-0.1, -0.05) is 0 Å². The average molecular weight is 331 g/mol. The molecular formula is C18H25N3O3. The lowest BCUT2D eigenvalue weighted by molar-refractivity contribution is -0.119. The second-order valence-corrected chi connectivity index (χ2v) is 6.74. The van der Waals surface area contributed by atoms with E-state index < -0.39 is 0 Å². The number of nitrogens with one attached hydrogen (secondary N) is 2. The van der Waals surface area contributed by atoms with E-state index in [9.17, 15) is 9.59 Å². The first-order valence-electron chi connectivity index (χ1n) is 8.50. The summed E-state index contributed by atoms with van der Waals surface area (Å²) in [4.78, 5) is 24.8. The van der Waals surface area contributed by atoms with Crippen LogP contribution >= 0.6 is 0 Å². The minimum Gasteiger partial charge on any atom is -0.442 e. The summed E-state index contributed by atoms with van der Waals surface area (Å²) in [5, 5.41) is 6.11. The zero-order valence-electron chi connectivity index (χ0n) is 14.5. The van der Waals surface area contributed by atoms with Crippen LogP contribution in [-0.2, 0) is 9.53 Å². The Bertz CT molecular complexity index is 630. The molecule has 0 bridgehead atoms. The number of amides is 2. The van der Waals surface area contributed by atoms with Crippen molar-refractivity contribution in [1.29, 1.82) is 0 Å². The van der Waals surface area contributed by atoms with Gasteiger partial charge in [-0.15, -0.1) is 0 Å². The number of ether oxygens (including phenoxy) is 1. The number of anilines is 1. The first-order valence-corrected chi connectivity index (χ1v) is 8.50. The highest BCUT2D eigenvalue weighted by molar-refractivity contribution is 5.90. The maximum atomic E-state index is 12.2. The van der Waals surface area contributed by atoms with E-state index in [4.69, 9.17) is 4.74 Å². The van der Waals surface area contributed by atoms with Gasteiger partial charge in [0.15, 0.2) is 0 Å². The molecule has 2 aliphatic rings. The van der Waals surface area contributed by atoms with Crippen LogP contribution in [0.4, 0.5) is 10.5 Å². The van der Waals surface area contributed by atoms with Crippen molar-refractivity contribution in [2.24, 2.45) is 0 Å². The Morgan fingerprint density at radius 2 is 2.08 bits per heavy atom. The summed E-state index contributed by atoms with van der Waals surface area (Å²) in [7, 11) is 0. The topological polar surface area (TPSA) is 70.7 Å². The SMILES string of the molecule is CC(=O)NCC1CN(c2cc(C)c(C3CCNC3)c(C)c2)C(=O)O1. The van der Waals surface area contributed by atoms with Gasteiger partial charge in [-0.05, 0) is 61.6 Å². The highest BCUT2D eigenvalue weighted by Crippen LogP contribution is 2.33. The zero-order chi connectivity index (χ0) is 17.3. The summed E-state index contributed by atoms with van der Waals surface area (Å²) in [5.41, 5.74) is 4.70. The molecule has 2 N–H and O–H groups in total. The lowest BCUT2D eigenvalue weighted by Crippen LogP contribution is -2.33. The number of cyclic esters (lactones) is 1. The molecule has 2 saturated heterocycles. The Morgan fingerprint density at radius 1 is 1.38 bits per heavy atom. The summed E-state index contributed by atoms with van der Waals surface area (Å²) in [5.74, 6) is 0.433. The number of nitrogens with zero attached hydrogens (tertiary/aromatic N) is 1. The van der Waals surface area contributed by atoms with E-state index >= 15 is 0 Å². The lowest BCUT2D eigenvalue weighted by Gasteiger charge is -2.20. The fourth-order valence-corrected chi connectivity index (χ4v) is 3.75. The van der Waals surface area contributed by atoms with E-state index in [1.54, 1.807) is 4.90 Å². The Morgan fingerprint density at radius 3 is 2.67 bits per heavy atom. The third-order valence-corrected chi connectivity index (χ3v) is 4.81. The van der Waals surface area contributed by atoms with Gasteiger partial charge in [0.05, 0.1) is 13.1 Å². The van der Waals surface area contributed by atoms with Crippen LogP contribution in [0.5, 0.6) is 0 Å². The molecule has 0 aliphatic carbocycles. The molecule has 0 radical (unpaired) electrons. The van der Waals surface area contributed by atoms with Crippen molar-refractivity contribution in [3.05, 3.63) is 28.8 Å². The van der Waals surface area contributed by atoms with Crippen molar-refractivity contribution in [2.45, 2.75) is 39.2 Å². The summed E-state index contributed by atoms with van der Waals surface area (Å²) < 4.78 is 5.35. The minimum atomic E-state index is -0.348. The number of rotatable bonds is 4. The van der Waals surface area contributed by atoms with Gasteiger partial charge in [-0.3, -0.25) is 9.69 Å². The normalized spacial score (nSPS) is 23.5. The van der Waals surface area contributed by atoms with Crippen LogP contribution in [0.2, 0.25) is 0 Å². The van der Waals surface area contributed by atoms with Crippen LogP contribution < -0.4 is 15.5 Å². The van der Waals surface area contributed by atoms with E-state index in [2.05, 4.69) is 36.6 Å². The van der Waals surface area contributed by atoms with E-state index in [-0.39, 0.29) is 18.1 Å². The van der Waals surface area contributed by atoms with Gasteiger partial charge in [0.2, 0.25) is 5.91 Å². The van der Waals surface area contributed by atoms with Gasteiger partial charge in [0, 0.05) is 19.2 Å².